The number of anilines is 1. The smallest absolute Gasteiger partial charge is 0.241 e. The normalized spacial score (nSPS) is 28.4. The molecule has 1 aromatic rings. The number of benzene rings is 1. The summed E-state index contributed by atoms with van der Waals surface area (Å²) in [4.78, 5) is 12.6. The number of hydrogen-bond acceptors (Lipinski definition) is 2. The molecule has 1 heterocycles. The molecule has 0 spiro atoms. The van der Waals surface area contributed by atoms with Gasteiger partial charge in [-0.2, -0.15) is 0 Å². The molecular formula is C17H24N2O. The molecule has 3 rings (SSSR count). The van der Waals surface area contributed by atoms with Gasteiger partial charge in [-0.1, -0.05) is 31.5 Å². The van der Waals surface area contributed by atoms with Gasteiger partial charge in [0.1, 0.15) is 0 Å². The van der Waals surface area contributed by atoms with E-state index < -0.39 is 0 Å². The molecule has 2 fully saturated rings. The first-order valence-electron chi connectivity index (χ1n) is 7.83. The molecule has 1 saturated heterocycles. The van der Waals surface area contributed by atoms with Crippen LogP contribution in [0.2, 0.25) is 0 Å². The molecule has 0 bridgehead atoms. The molecule has 0 radical (unpaired) electrons. The van der Waals surface area contributed by atoms with Crippen LogP contribution >= 0.6 is 0 Å². The van der Waals surface area contributed by atoms with Gasteiger partial charge in [0.2, 0.25) is 5.91 Å². The van der Waals surface area contributed by atoms with Crippen LogP contribution in [-0.4, -0.2) is 18.5 Å². The molecule has 3 heteroatoms. The second kappa shape index (κ2) is 5.57. The number of aryl methyl sites for hydroxylation is 2. The van der Waals surface area contributed by atoms with E-state index in [4.69, 9.17) is 0 Å². The first kappa shape index (κ1) is 13.6. The van der Waals surface area contributed by atoms with Crippen molar-refractivity contribution in [3.8, 4) is 0 Å². The van der Waals surface area contributed by atoms with Gasteiger partial charge in [0.25, 0.3) is 0 Å². The van der Waals surface area contributed by atoms with Crippen molar-refractivity contribution in [2.45, 2.75) is 45.6 Å². The molecule has 1 saturated carbocycles. The zero-order valence-corrected chi connectivity index (χ0v) is 12.4. The van der Waals surface area contributed by atoms with Crippen molar-refractivity contribution in [1.82, 2.24) is 5.32 Å². The first-order chi connectivity index (χ1) is 9.70. The lowest BCUT2D eigenvalue weighted by atomic mass is 9.93. The van der Waals surface area contributed by atoms with Crippen LogP contribution < -0.4 is 10.6 Å². The van der Waals surface area contributed by atoms with Crippen molar-refractivity contribution in [1.29, 1.82) is 0 Å². The number of para-hydroxylation sites is 1. The summed E-state index contributed by atoms with van der Waals surface area (Å²) in [7, 11) is 0. The van der Waals surface area contributed by atoms with E-state index in [0.29, 0.717) is 11.8 Å². The van der Waals surface area contributed by atoms with Crippen LogP contribution in [0.1, 0.15) is 37.3 Å². The minimum Gasteiger partial charge on any atom is -0.324 e. The lowest BCUT2D eigenvalue weighted by Gasteiger charge is -2.20. The Kier molecular flexibility index (Phi) is 3.79. The van der Waals surface area contributed by atoms with E-state index in [1.165, 1.54) is 24.8 Å². The Labute approximate surface area is 121 Å². The first-order valence-corrected chi connectivity index (χ1v) is 7.83. The standard InChI is InChI=1S/C17H24N2O/c1-3-12-7-4-6-11(2)15(12)19-17(20)16-14-9-5-8-13(14)10-18-16/h4,6-7,13-14,16,18H,3,5,8-10H2,1-2H3,(H,19,20). The highest BCUT2D eigenvalue weighted by Crippen LogP contribution is 2.38. The van der Waals surface area contributed by atoms with Crippen LogP contribution in [0.3, 0.4) is 0 Å². The Morgan fingerprint density at radius 3 is 3.05 bits per heavy atom. The fraction of sp³-hybridized carbons (Fsp3) is 0.588. The van der Waals surface area contributed by atoms with E-state index in [-0.39, 0.29) is 11.9 Å². The van der Waals surface area contributed by atoms with Gasteiger partial charge in [-0.05, 0) is 55.7 Å². The van der Waals surface area contributed by atoms with E-state index in [0.717, 1.165) is 24.2 Å². The number of carbonyl (C=O) groups excluding carboxylic acids is 1. The highest BCUT2D eigenvalue weighted by molar-refractivity contribution is 5.96. The molecule has 1 amide bonds. The maximum atomic E-state index is 12.6. The topological polar surface area (TPSA) is 41.1 Å². The van der Waals surface area contributed by atoms with E-state index in [1.54, 1.807) is 0 Å². The molecule has 3 atom stereocenters. The Bertz CT molecular complexity index is 512. The zero-order chi connectivity index (χ0) is 14.1. The summed E-state index contributed by atoms with van der Waals surface area (Å²) in [5.74, 6) is 1.42. The minimum atomic E-state index is 0.00631. The molecule has 108 valence electrons. The van der Waals surface area contributed by atoms with Gasteiger partial charge in [0.15, 0.2) is 0 Å². The highest BCUT2D eigenvalue weighted by atomic mass is 16.2. The van der Waals surface area contributed by atoms with Crippen LogP contribution in [0.15, 0.2) is 18.2 Å². The lowest BCUT2D eigenvalue weighted by molar-refractivity contribution is -0.118. The summed E-state index contributed by atoms with van der Waals surface area (Å²) in [6, 6.07) is 6.23. The molecule has 0 aromatic heterocycles. The molecular weight excluding hydrogens is 248 g/mol. The molecule has 20 heavy (non-hydrogen) atoms. The summed E-state index contributed by atoms with van der Waals surface area (Å²) in [6.45, 7) is 5.21. The third kappa shape index (κ3) is 2.35. The van der Waals surface area contributed by atoms with Crippen molar-refractivity contribution < 1.29 is 4.79 Å². The van der Waals surface area contributed by atoms with Crippen molar-refractivity contribution in [2.24, 2.45) is 11.8 Å². The number of amides is 1. The molecule has 2 N–H and O–H groups in total. The monoisotopic (exact) mass is 272 g/mol. The molecule has 3 nitrogen and oxygen atoms in total. The van der Waals surface area contributed by atoms with Crippen LogP contribution in [0.4, 0.5) is 5.69 Å². The van der Waals surface area contributed by atoms with Gasteiger partial charge in [-0.15, -0.1) is 0 Å². The van der Waals surface area contributed by atoms with Crippen LogP contribution in [0.5, 0.6) is 0 Å². The van der Waals surface area contributed by atoms with Crippen molar-refractivity contribution >= 4 is 11.6 Å². The van der Waals surface area contributed by atoms with E-state index in [2.05, 4.69) is 42.7 Å². The molecule has 1 aliphatic carbocycles. The summed E-state index contributed by atoms with van der Waals surface area (Å²) in [6.07, 6.45) is 4.71. The summed E-state index contributed by atoms with van der Waals surface area (Å²) in [5.41, 5.74) is 3.39. The number of rotatable bonds is 3. The third-order valence-corrected chi connectivity index (χ3v) is 5.02. The van der Waals surface area contributed by atoms with Crippen molar-refractivity contribution in [3.05, 3.63) is 29.3 Å². The van der Waals surface area contributed by atoms with Crippen LogP contribution in [0, 0.1) is 18.8 Å². The summed E-state index contributed by atoms with van der Waals surface area (Å²) >= 11 is 0. The fourth-order valence-corrected chi connectivity index (χ4v) is 3.88. The Morgan fingerprint density at radius 1 is 1.40 bits per heavy atom. The van der Waals surface area contributed by atoms with Gasteiger partial charge in [-0.25, -0.2) is 0 Å². The summed E-state index contributed by atoms with van der Waals surface area (Å²) < 4.78 is 0. The van der Waals surface area contributed by atoms with Gasteiger partial charge >= 0.3 is 0 Å². The third-order valence-electron chi connectivity index (χ3n) is 5.02. The van der Waals surface area contributed by atoms with Crippen molar-refractivity contribution in [2.75, 3.05) is 11.9 Å². The zero-order valence-electron chi connectivity index (χ0n) is 12.4. The Balaban J connectivity index is 1.76. The van der Waals surface area contributed by atoms with Gasteiger partial charge < -0.3 is 10.6 Å². The van der Waals surface area contributed by atoms with Crippen LogP contribution in [0.25, 0.3) is 0 Å². The predicted molar refractivity (Wildman–Crippen MR) is 81.8 cm³/mol. The van der Waals surface area contributed by atoms with Crippen molar-refractivity contribution in [3.63, 3.8) is 0 Å². The quantitative estimate of drug-likeness (QED) is 0.888. The lowest BCUT2D eigenvalue weighted by Crippen LogP contribution is -2.40. The summed E-state index contributed by atoms with van der Waals surface area (Å²) in [5, 5.41) is 6.61. The number of carbonyl (C=O) groups is 1. The SMILES string of the molecule is CCc1cccc(C)c1NC(=O)C1NCC2CCCC21. The van der Waals surface area contributed by atoms with E-state index >= 15 is 0 Å². The molecule has 1 aliphatic heterocycles. The number of nitrogens with one attached hydrogen (secondary N) is 2. The van der Waals surface area contributed by atoms with Gasteiger partial charge in [-0.3, -0.25) is 4.79 Å². The average Bonchev–Trinajstić information content (AvgIpc) is 3.03. The Hall–Kier alpha value is -1.35. The maximum Gasteiger partial charge on any atom is 0.241 e. The number of hydrogen-bond donors (Lipinski definition) is 2. The minimum absolute atomic E-state index is 0.00631. The van der Waals surface area contributed by atoms with Gasteiger partial charge in [0.05, 0.1) is 6.04 Å². The highest BCUT2D eigenvalue weighted by Gasteiger charge is 2.42. The van der Waals surface area contributed by atoms with Gasteiger partial charge in [0, 0.05) is 5.69 Å². The molecule has 2 aliphatic rings. The second-order valence-electron chi connectivity index (χ2n) is 6.19. The molecule has 1 aromatic carbocycles. The second-order valence-corrected chi connectivity index (χ2v) is 6.19. The maximum absolute atomic E-state index is 12.6. The Morgan fingerprint density at radius 2 is 2.25 bits per heavy atom. The number of fused-ring (bicyclic) bond motifs is 1. The predicted octanol–water partition coefficient (Wildman–Crippen LogP) is 2.88. The average molecular weight is 272 g/mol. The molecule has 3 unspecified atom stereocenters. The van der Waals surface area contributed by atoms with E-state index in [1.807, 2.05) is 0 Å². The fourth-order valence-electron chi connectivity index (χ4n) is 3.88. The van der Waals surface area contributed by atoms with E-state index in [9.17, 15) is 4.79 Å². The van der Waals surface area contributed by atoms with Crippen LogP contribution in [-0.2, 0) is 11.2 Å². The largest absolute Gasteiger partial charge is 0.324 e.